The molecular formula is C13H11N3O2. The lowest BCUT2D eigenvalue weighted by Crippen LogP contribution is -2.21. The molecule has 1 aromatic carbocycles. The number of nitrogens with zero attached hydrogens (tertiary/aromatic N) is 3. The number of hydrogen-bond donors (Lipinski definition) is 0. The molecule has 2 heterocycles. The topological polar surface area (TPSA) is 60.9 Å². The first kappa shape index (κ1) is 10.7. The Morgan fingerprint density at radius 3 is 2.83 bits per heavy atom. The maximum Gasteiger partial charge on any atom is 0.266 e. The smallest absolute Gasteiger partial charge is 0.266 e. The number of aryl methyl sites for hydroxylation is 1. The van der Waals surface area contributed by atoms with Crippen molar-refractivity contribution in [2.45, 2.75) is 13.5 Å². The Hall–Kier alpha value is -2.43. The Morgan fingerprint density at radius 2 is 2.06 bits per heavy atom. The fourth-order valence-corrected chi connectivity index (χ4v) is 1.90. The van der Waals surface area contributed by atoms with Crippen molar-refractivity contribution < 1.29 is 4.52 Å². The van der Waals surface area contributed by atoms with E-state index >= 15 is 0 Å². The molecule has 0 saturated heterocycles. The minimum atomic E-state index is -0.123. The second-order valence-corrected chi connectivity index (χ2v) is 4.11. The molecule has 0 aliphatic heterocycles. The van der Waals surface area contributed by atoms with Gasteiger partial charge in [0.05, 0.1) is 12.2 Å². The minimum Gasteiger partial charge on any atom is -0.335 e. The minimum absolute atomic E-state index is 0.123. The highest BCUT2D eigenvalue weighted by molar-refractivity contribution is 5.73. The molecule has 0 bridgehead atoms. The third-order valence-corrected chi connectivity index (χ3v) is 2.83. The molecule has 5 heteroatoms. The Labute approximate surface area is 103 Å². The van der Waals surface area contributed by atoms with Gasteiger partial charge >= 0.3 is 0 Å². The molecule has 5 nitrogen and oxygen atoms in total. The summed E-state index contributed by atoms with van der Waals surface area (Å²) in [6.45, 7) is 2.23. The molecule has 0 spiro atoms. The molecule has 2 aromatic heterocycles. The second kappa shape index (κ2) is 4.10. The van der Waals surface area contributed by atoms with Gasteiger partial charge in [-0.2, -0.15) is 0 Å². The fraction of sp³-hybridized carbons (Fsp3) is 0.154. The number of fused-ring (bicyclic) bond motifs is 1. The van der Waals surface area contributed by atoms with Gasteiger partial charge < -0.3 is 4.52 Å². The van der Waals surface area contributed by atoms with Crippen molar-refractivity contribution in [3.63, 3.8) is 0 Å². The van der Waals surface area contributed by atoms with Crippen molar-refractivity contribution in [3.8, 4) is 0 Å². The van der Waals surface area contributed by atoms with Gasteiger partial charge in [-0.1, -0.05) is 35.5 Å². The highest BCUT2D eigenvalue weighted by Crippen LogP contribution is 2.10. The van der Waals surface area contributed by atoms with E-state index < -0.39 is 0 Å². The van der Waals surface area contributed by atoms with Crippen LogP contribution in [0.2, 0.25) is 0 Å². The quantitative estimate of drug-likeness (QED) is 0.685. The molecule has 18 heavy (non-hydrogen) atoms. The van der Waals surface area contributed by atoms with Gasteiger partial charge in [-0.15, -0.1) is 0 Å². The van der Waals surface area contributed by atoms with Gasteiger partial charge in [0.15, 0.2) is 0 Å². The van der Waals surface area contributed by atoms with Crippen molar-refractivity contribution in [3.05, 3.63) is 58.3 Å². The van der Waals surface area contributed by atoms with Crippen LogP contribution in [0.1, 0.15) is 11.3 Å². The average molecular weight is 241 g/mol. The zero-order chi connectivity index (χ0) is 12.5. The van der Waals surface area contributed by atoms with Crippen LogP contribution in [0.15, 0.2) is 46.0 Å². The summed E-state index contributed by atoms with van der Waals surface area (Å²) in [5, 5.41) is 4.21. The first-order chi connectivity index (χ1) is 8.75. The van der Waals surface area contributed by atoms with Crippen LogP contribution in [0.3, 0.4) is 0 Å². The molecule has 0 N–H and O–H groups in total. The van der Waals surface area contributed by atoms with Crippen LogP contribution < -0.4 is 5.56 Å². The van der Waals surface area contributed by atoms with Crippen molar-refractivity contribution in [1.82, 2.24) is 14.7 Å². The van der Waals surface area contributed by atoms with E-state index in [0.29, 0.717) is 23.3 Å². The van der Waals surface area contributed by atoms with Gasteiger partial charge in [0.25, 0.3) is 11.3 Å². The monoisotopic (exact) mass is 241 g/mol. The zero-order valence-corrected chi connectivity index (χ0v) is 9.83. The molecule has 90 valence electrons. The predicted octanol–water partition coefficient (Wildman–Crippen LogP) is 1.74. The molecule has 0 radical (unpaired) electrons. The van der Waals surface area contributed by atoms with E-state index in [1.807, 2.05) is 30.3 Å². The van der Waals surface area contributed by atoms with Crippen LogP contribution in [-0.4, -0.2) is 14.7 Å². The van der Waals surface area contributed by atoms with Crippen molar-refractivity contribution >= 4 is 11.1 Å². The van der Waals surface area contributed by atoms with Crippen LogP contribution in [0.4, 0.5) is 0 Å². The summed E-state index contributed by atoms with van der Waals surface area (Å²) < 4.78 is 6.52. The lowest BCUT2D eigenvalue weighted by Gasteiger charge is -2.04. The summed E-state index contributed by atoms with van der Waals surface area (Å²) in [6.07, 6.45) is 1.49. The normalized spacial score (nSPS) is 10.9. The molecule has 3 rings (SSSR count). The standard InChI is InChI=1S/C13H11N3O2/c1-9-11-12(18-15-9)14-8-16(13(11)17)7-10-5-3-2-4-6-10/h2-6,8H,7H2,1H3. The third-order valence-electron chi connectivity index (χ3n) is 2.83. The van der Waals surface area contributed by atoms with E-state index in [9.17, 15) is 4.79 Å². The molecule has 0 aliphatic carbocycles. The van der Waals surface area contributed by atoms with E-state index in [1.54, 1.807) is 11.5 Å². The SMILES string of the molecule is Cc1noc2ncn(Cc3ccccc3)c(=O)c12. The highest BCUT2D eigenvalue weighted by atomic mass is 16.5. The molecule has 0 unspecified atom stereocenters. The molecule has 3 aromatic rings. The molecule has 0 aliphatic rings. The maximum atomic E-state index is 12.2. The van der Waals surface area contributed by atoms with Crippen molar-refractivity contribution in [2.24, 2.45) is 0 Å². The van der Waals surface area contributed by atoms with E-state index in [2.05, 4.69) is 10.1 Å². The number of rotatable bonds is 2. The summed E-state index contributed by atoms with van der Waals surface area (Å²) in [5.41, 5.74) is 1.80. The van der Waals surface area contributed by atoms with Gasteiger partial charge in [-0.05, 0) is 12.5 Å². The summed E-state index contributed by atoms with van der Waals surface area (Å²) >= 11 is 0. The van der Waals surface area contributed by atoms with Crippen molar-refractivity contribution in [1.29, 1.82) is 0 Å². The number of aromatic nitrogens is 3. The molecular weight excluding hydrogens is 230 g/mol. The van der Waals surface area contributed by atoms with Gasteiger partial charge in [0.2, 0.25) is 0 Å². The van der Waals surface area contributed by atoms with E-state index in [4.69, 9.17) is 4.52 Å². The van der Waals surface area contributed by atoms with Crippen molar-refractivity contribution in [2.75, 3.05) is 0 Å². The Morgan fingerprint density at radius 1 is 1.28 bits per heavy atom. The fourth-order valence-electron chi connectivity index (χ4n) is 1.90. The third kappa shape index (κ3) is 1.69. The summed E-state index contributed by atoms with van der Waals surface area (Å²) in [7, 11) is 0. The Kier molecular flexibility index (Phi) is 2.44. The van der Waals surface area contributed by atoms with E-state index in [-0.39, 0.29) is 5.56 Å². The zero-order valence-electron chi connectivity index (χ0n) is 9.83. The van der Waals surface area contributed by atoms with Gasteiger partial charge in [-0.25, -0.2) is 4.98 Å². The van der Waals surface area contributed by atoms with Crippen LogP contribution in [0, 0.1) is 6.92 Å². The molecule has 0 atom stereocenters. The lowest BCUT2D eigenvalue weighted by atomic mass is 10.2. The van der Waals surface area contributed by atoms with Gasteiger partial charge in [0.1, 0.15) is 11.7 Å². The van der Waals surface area contributed by atoms with Crippen LogP contribution in [0.5, 0.6) is 0 Å². The van der Waals surface area contributed by atoms with Crippen LogP contribution in [0.25, 0.3) is 11.1 Å². The first-order valence-electron chi connectivity index (χ1n) is 5.61. The molecule has 0 amide bonds. The Bertz CT molecular complexity index is 744. The summed E-state index contributed by atoms with van der Waals surface area (Å²) in [4.78, 5) is 16.3. The Balaban J connectivity index is 2.11. The van der Waals surface area contributed by atoms with Crippen LogP contribution in [-0.2, 0) is 6.54 Å². The second-order valence-electron chi connectivity index (χ2n) is 4.11. The molecule has 0 saturated carbocycles. The lowest BCUT2D eigenvalue weighted by molar-refractivity contribution is 0.442. The van der Waals surface area contributed by atoms with E-state index in [0.717, 1.165) is 5.56 Å². The molecule has 0 fully saturated rings. The maximum absolute atomic E-state index is 12.2. The highest BCUT2D eigenvalue weighted by Gasteiger charge is 2.11. The largest absolute Gasteiger partial charge is 0.335 e. The van der Waals surface area contributed by atoms with Gasteiger partial charge in [-0.3, -0.25) is 9.36 Å². The summed E-state index contributed by atoms with van der Waals surface area (Å²) in [6, 6.07) is 9.76. The number of hydrogen-bond acceptors (Lipinski definition) is 4. The van der Waals surface area contributed by atoms with Gasteiger partial charge in [0, 0.05) is 0 Å². The van der Waals surface area contributed by atoms with Crippen LogP contribution >= 0.6 is 0 Å². The van der Waals surface area contributed by atoms with E-state index in [1.165, 1.54) is 6.33 Å². The predicted molar refractivity (Wildman–Crippen MR) is 66.3 cm³/mol. The summed E-state index contributed by atoms with van der Waals surface area (Å²) in [5.74, 6) is 0. The average Bonchev–Trinajstić information content (AvgIpc) is 2.77. The first-order valence-corrected chi connectivity index (χ1v) is 5.61. The number of benzene rings is 1.